The van der Waals surface area contributed by atoms with Crippen molar-refractivity contribution in [3.63, 3.8) is 0 Å². The van der Waals surface area contributed by atoms with Gasteiger partial charge in [0.15, 0.2) is 5.82 Å². The maximum Gasteiger partial charge on any atom is 0.152 e. The quantitative estimate of drug-likeness (QED) is 0.755. The van der Waals surface area contributed by atoms with Crippen molar-refractivity contribution in [2.24, 2.45) is 0 Å². The van der Waals surface area contributed by atoms with E-state index in [4.69, 9.17) is 4.98 Å². The van der Waals surface area contributed by atoms with Crippen LogP contribution in [-0.2, 0) is 6.54 Å². The number of unbranched alkanes of at least 4 members (excludes halogenated alkanes) is 2. The topological polar surface area (TPSA) is 32.6 Å². The number of aromatic nitrogens is 2. The lowest BCUT2D eigenvalue weighted by Gasteiger charge is -2.19. The SMILES string of the molecule is CCCCCN(C)c1nc2ccccn2c1CNC(C)C. The van der Waals surface area contributed by atoms with Crippen molar-refractivity contribution < 1.29 is 0 Å². The number of pyridine rings is 1. The molecule has 0 spiro atoms. The second kappa shape index (κ2) is 7.46. The molecule has 21 heavy (non-hydrogen) atoms. The van der Waals surface area contributed by atoms with Crippen molar-refractivity contribution in [1.82, 2.24) is 14.7 Å². The number of hydrogen-bond donors (Lipinski definition) is 1. The minimum Gasteiger partial charge on any atom is -0.358 e. The molecule has 0 unspecified atom stereocenters. The third-order valence-corrected chi connectivity index (χ3v) is 3.74. The number of imidazole rings is 1. The van der Waals surface area contributed by atoms with Gasteiger partial charge in [-0.05, 0) is 18.6 Å². The monoisotopic (exact) mass is 288 g/mol. The van der Waals surface area contributed by atoms with Crippen LogP contribution in [0, 0.1) is 0 Å². The zero-order chi connectivity index (χ0) is 15.2. The smallest absolute Gasteiger partial charge is 0.152 e. The molecule has 4 heteroatoms. The predicted octanol–water partition coefficient (Wildman–Crippen LogP) is 3.46. The average Bonchev–Trinajstić information content (AvgIpc) is 2.84. The lowest BCUT2D eigenvalue weighted by molar-refractivity contribution is 0.578. The second-order valence-electron chi connectivity index (χ2n) is 5.98. The van der Waals surface area contributed by atoms with E-state index in [-0.39, 0.29) is 0 Å². The summed E-state index contributed by atoms with van der Waals surface area (Å²) in [5.41, 5.74) is 2.27. The number of nitrogens with one attached hydrogen (secondary N) is 1. The first kappa shape index (κ1) is 15.8. The lowest BCUT2D eigenvalue weighted by atomic mass is 10.2. The molecule has 0 bridgehead atoms. The third kappa shape index (κ3) is 3.97. The van der Waals surface area contributed by atoms with Crippen LogP contribution in [0.2, 0.25) is 0 Å². The third-order valence-electron chi connectivity index (χ3n) is 3.74. The van der Waals surface area contributed by atoms with Crippen molar-refractivity contribution in [3.8, 4) is 0 Å². The molecule has 0 amide bonds. The van der Waals surface area contributed by atoms with E-state index in [1.54, 1.807) is 0 Å². The standard InChI is InChI=1S/C17H28N4/c1-5-6-8-11-20(4)17-15(13-18-14(2)3)21-12-9-7-10-16(21)19-17/h7,9-10,12,14,18H,5-6,8,11,13H2,1-4H3. The van der Waals surface area contributed by atoms with Crippen LogP contribution in [0.3, 0.4) is 0 Å². The lowest BCUT2D eigenvalue weighted by Crippen LogP contribution is -2.26. The van der Waals surface area contributed by atoms with Gasteiger partial charge in [-0.1, -0.05) is 39.7 Å². The Morgan fingerprint density at radius 2 is 2.10 bits per heavy atom. The molecule has 116 valence electrons. The highest BCUT2D eigenvalue weighted by molar-refractivity contribution is 5.55. The summed E-state index contributed by atoms with van der Waals surface area (Å²) in [5.74, 6) is 1.10. The van der Waals surface area contributed by atoms with Gasteiger partial charge in [-0.2, -0.15) is 0 Å². The fourth-order valence-electron chi connectivity index (χ4n) is 2.51. The first-order chi connectivity index (χ1) is 10.1. The highest BCUT2D eigenvalue weighted by Gasteiger charge is 2.15. The van der Waals surface area contributed by atoms with Crippen molar-refractivity contribution >= 4 is 11.5 Å². The Bertz CT molecular complexity index is 559. The van der Waals surface area contributed by atoms with E-state index in [1.165, 1.54) is 25.0 Å². The van der Waals surface area contributed by atoms with E-state index in [0.717, 1.165) is 24.6 Å². The normalized spacial score (nSPS) is 11.5. The number of hydrogen-bond acceptors (Lipinski definition) is 3. The summed E-state index contributed by atoms with van der Waals surface area (Å²) < 4.78 is 2.20. The molecule has 1 N–H and O–H groups in total. The zero-order valence-corrected chi connectivity index (χ0v) is 13.8. The number of fused-ring (bicyclic) bond motifs is 1. The highest BCUT2D eigenvalue weighted by atomic mass is 15.2. The van der Waals surface area contributed by atoms with E-state index in [1.807, 2.05) is 6.07 Å². The van der Waals surface area contributed by atoms with Gasteiger partial charge in [-0.25, -0.2) is 4.98 Å². The molecule has 2 rings (SSSR count). The van der Waals surface area contributed by atoms with Crippen molar-refractivity contribution in [3.05, 3.63) is 30.1 Å². The molecular formula is C17H28N4. The molecule has 2 aromatic rings. The molecule has 0 saturated carbocycles. The Hall–Kier alpha value is -1.55. The van der Waals surface area contributed by atoms with E-state index in [0.29, 0.717) is 6.04 Å². The van der Waals surface area contributed by atoms with Gasteiger partial charge in [0, 0.05) is 32.4 Å². The van der Waals surface area contributed by atoms with E-state index < -0.39 is 0 Å². The summed E-state index contributed by atoms with van der Waals surface area (Å²) in [6.45, 7) is 8.49. The summed E-state index contributed by atoms with van der Waals surface area (Å²) in [7, 11) is 2.15. The molecular weight excluding hydrogens is 260 g/mol. The minimum atomic E-state index is 0.470. The van der Waals surface area contributed by atoms with Gasteiger partial charge in [0.25, 0.3) is 0 Å². The predicted molar refractivity (Wildman–Crippen MR) is 90.0 cm³/mol. The number of rotatable bonds is 8. The van der Waals surface area contributed by atoms with Gasteiger partial charge in [0.2, 0.25) is 0 Å². The van der Waals surface area contributed by atoms with Gasteiger partial charge in [-0.15, -0.1) is 0 Å². The van der Waals surface area contributed by atoms with E-state index >= 15 is 0 Å². The Balaban J connectivity index is 2.25. The molecule has 2 heterocycles. The van der Waals surface area contributed by atoms with Crippen molar-refractivity contribution in [1.29, 1.82) is 0 Å². The first-order valence-electron chi connectivity index (χ1n) is 8.04. The van der Waals surface area contributed by atoms with Crippen LogP contribution in [0.5, 0.6) is 0 Å². The van der Waals surface area contributed by atoms with E-state index in [9.17, 15) is 0 Å². The second-order valence-corrected chi connectivity index (χ2v) is 5.98. The van der Waals surface area contributed by atoms with Crippen LogP contribution in [-0.4, -0.2) is 29.0 Å². The van der Waals surface area contributed by atoms with Crippen LogP contribution in [0.15, 0.2) is 24.4 Å². The van der Waals surface area contributed by atoms with Gasteiger partial charge < -0.3 is 14.6 Å². The fraction of sp³-hybridized carbons (Fsp3) is 0.588. The Labute approximate surface area is 128 Å². The Kier molecular flexibility index (Phi) is 5.62. The molecule has 0 atom stereocenters. The van der Waals surface area contributed by atoms with Crippen LogP contribution in [0.25, 0.3) is 5.65 Å². The number of anilines is 1. The summed E-state index contributed by atoms with van der Waals surface area (Å²) in [6, 6.07) is 6.65. The van der Waals surface area contributed by atoms with Crippen LogP contribution >= 0.6 is 0 Å². The molecule has 0 fully saturated rings. The van der Waals surface area contributed by atoms with Gasteiger partial charge in [0.1, 0.15) is 5.65 Å². The van der Waals surface area contributed by atoms with Crippen LogP contribution < -0.4 is 10.2 Å². The summed E-state index contributed by atoms with van der Waals surface area (Å²) in [4.78, 5) is 7.11. The van der Waals surface area contributed by atoms with Gasteiger partial charge in [0.05, 0.1) is 5.69 Å². The Morgan fingerprint density at radius 3 is 2.81 bits per heavy atom. The largest absolute Gasteiger partial charge is 0.358 e. The highest BCUT2D eigenvalue weighted by Crippen LogP contribution is 2.21. The average molecular weight is 288 g/mol. The summed E-state index contributed by atoms with van der Waals surface area (Å²) >= 11 is 0. The molecule has 2 aromatic heterocycles. The van der Waals surface area contributed by atoms with Gasteiger partial charge in [-0.3, -0.25) is 0 Å². The fourth-order valence-corrected chi connectivity index (χ4v) is 2.51. The van der Waals surface area contributed by atoms with E-state index in [2.05, 4.69) is 60.8 Å². The molecule has 0 aliphatic heterocycles. The van der Waals surface area contributed by atoms with Crippen LogP contribution in [0.4, 0.5) is 5.82 Å². The maximum atomic E-state index is 4.82. The molecule has 0 aliphatic carbocycles. The van der Waals surface area contributed by atoms with Crippen molar-refractivity contribution in [2.75, 3.05) is 18.5 Å². The summed E-state index contributed by atoms with van der Waals surface area (Å²) in [5, 5.41) is 3.52. The zero-order valence-electron chi connectivity index (χ0n) is 13.8. The van der Waals surface area contributed by atoms with Crippen molar-refractivity contribution in [2.45, 2.75) is 52.6 Å². The minimum absolute atomic E-state index is 0.470. The molecule has 0 aromatic carbocycles. The van der Waals surface area contributed by atoms with Gasteiger partial charge >= 0.3 is 0 Å². The number of nitrogens with zero attached hydrogens (tertiary/aromatic N) is 3. The summed E-state index contributed by atoms with van der Waals surface area (Å²) in [6.07, 6.45) is 5.85. The molecule has 0 radical (unpaired) electrons. The maximum absolute atomic E-state index is 4.82. The first-order valence-corrected chi connectivity index (χ1v) is 8.04. The molecule has 0 saturated heterocycles. The molecule has 0 aliphatic rings. The molecule has 4 nitrogen and oxygen atoms in total. The van der Waals surface area contributed by atoms with Crippen LogP contribution in [0.1, 0.15) is 45.7 Å². The Morgan fingerprint density at radius 1 is 1.29 bits per heavy atom.